The second kappa shape index (κ2) is 10.5. The molecule has 1 fully saturated rings. The number of alkyl halides is 3. The largest absolute Gasteiger partial charge is 0.370 e. The van der Waals surface area contributed by atoms with Gasteiger partial charge in [-0.2, -0.15) is 0 Å². The molecule has 1 aliphatic carbocycles. The van der Waals surface area contributed by atoms with E-state index in [4.69, 9.17) is 11.6 Å². The molecule has 204 valence electrons. The summed E-state index contributed by atoms with van der Waals surface area (Å²) in [7, 11) is 0. The maximum Gasteiger partial charge on any atom is 0.270 e. The third-order valence-corrected chi connectivity index (χ3v) is 7.89. The molecule has 0 radical (unpaired) electrons. The number of aliphatic hydroxyl groups is 1. The number of amides is 2. The lowest BCUT2D eigenvalue weighted by Gasteiger charge is -2.40. The SMILES string of the molecule is O=C(N[C@@H]1C[C@@H](Cl)[C@@H](CN2C(=O)[C@](O)(c3ccc(F)cn3)c3c(F)cccc32)C[C@H]1C(F)F)c1cccnc1. The van der Waals surface area contributed by atoms with Crippen LogP contribution in [0.2, 0.25) is 0 Å². The summed E-state index contributed by atoms with van der Waals surface area (Å²) in [5, 5.41) is 13.4. The highest BCUT2D eigenvalue weighted by Gasteiger charge is 2.55. The van der Waals surface area contributed by atoms with Crippen LogP contribution in [-0.2, 0) is 10.4 Å². The molecule has 2 N–H and O–H groups in total. The van der Waals surface area contributed by atoms with Crippen LogP contribution in [0, 0.1) is 23.5 Å². The summed E-state index contributed by atoms with van der Waals surface area (Å²) in [5.74, 6) is -5.06. The smallest absolute Gasteiger partial charge is 0.270 e. The Balaban J connectivity index is 1.41. The highest BCUT2D eigenvalue weighted by Crippen LogP contribution is 2.47. The minimum Gasteiger partial charge on any atom is -0.370 e. The van der Waals surface area contributed by atoms with Gasteiger partial charge in [-0.3, -0.25) is 19.6 Å². The molecule has 2 aromatic heterocycles. The van der Waals surface area contributed by atoms with Gasteiger partial charge < -0.3 is 15.3 Å². The van der Waals surface area contributed by atoms with Crippen molar-refractivity contribution in [2.75, 3.05) is 11.4 Å². The van der Waals surface area contributed by atoms with Crippen LogP contribution >= 0.6 is 11.6 Å². The Morgan fingerprint density at radius 3 is 2.62 bits per heavy atom. The molecule has 3 aromatic rings. The van der Waals surface area contributed by atoms with Gasteiger partial charge in [-0.05, 0) is 55.2 Å². The van der Waals surface area contributed by atoms with Crippen LogP contribution in [0.5, 0.6) is 0 Å². The van der Waals surface area contributed by atoms with E-state index in [2.05, 4.69) is 15.3 Å². The lowest BCUT2D eigenvalue weighted by Crippen LogP contribution is -2.52. The number of fused-ring (bicyclic) bond motifs is 1. The Morgan fingerprint density at radius 2 is 1.95 bits per heavy atom. The third-order valence-electron chi connectivity index (χ3n) is 7.36. The van der Waals surface area contributed by atoms with Crippen LogP contribution < -0.4 is 10.2 Å². The fourth-order valence-corrected chi connectivity index (χ4v) is 5.78. The van der Waals surface area contributed by atoms with Gasteiger partial charge in [-0.15, -0.1) is 11.6 Å². The highest BCUT2D eigenvalue weighted by molar-refractivity contribution is 6.21. The number of halogens is 5. The molecule has 0 saturated heterocycles. The summed E-state index contributed by atoms with van der Waals surface area (Å²) in [6.45, 7) is -0.195. The third kappa shape index (κ3) is 4.85. The molecular formula is C27H23ClF4N4O3. The maximum atomic E-state index is 15.0. The normalized spacial score (nSPS) is 26.5. The summed E-state index contributed by atoms with van der Waals surface area (Å²) in [5.41, 5.74) is -2.93. The molecule has 3 heterocycles. The van der Waals surface area contributed by atoms with Crippen molar-refractivity contribution in [3.63, 3.8) is 0 Å². The van der Waals surface area contributed by atoms with Crippen molar-refractivity contribution in [2.24, 2.45) is 11.8 Å². The van der Waals surface area contributed by atoms with Crippen molar-refractivity contribution in [3.05, 3.63) is 89.5 Å². The molecule has 0 spiro atoms. The average molecular weight is 563 g/mol. The van der Waals surface area contributed by atoms with Crippen LogP contribution in [0.3, 0.4) is 0 Å². The van der Waals surface area contributed by atoms with Gasteiger partial charge in [0.15, 0.2) is 0 Å². The van der Waals surface area contributed by atoms with Gasteiger partial charge in [0.05, 0.1) is 28.7 Å². The Labute approximate surface area is 225 Å². The number of hydrogen-bond donors (Lipinski definition) is 2. The number of rotatable bonds is 6. The van der Waals surface area contributed by atoms with E-state index in [1.165, 1.54) is 30.6 Å². The zero-order valence-electron chi connectivity index (χ0n) is 20.3. The monoisotopic (exact) mass is 562 g/mol. The molecule has 2 aliphatic rings. The minimum absolute atomic E-state index is 0.00491. The zero-order chi connectivity index (χ0) is 27.9. The van der Waals surface area contributed by atoms with E-state index in [0.717, 1.165) is 29.3 Å². The maximum absolute atomic E-state index is 15.0. The highest BCUT2D eigenvalue weighted by atomic mass is 35.5. The Bertz CT molecular complexity index is 1380. The molecule has 12 heteroatoms. The summed E-state index contributed by atoms with van der Waals surface area (Å²) in [6, 6.07) is 8.04. The van der Waals surface area contributed by atoms with Crippen LogP contribution in [-0.4, -0.2) is 51.3 Å². The van der Waals surface area contributed by atoms with Gasteiger partial charge in [0.2, 0.25) is 12.0 Å². The molecular weight excluding hydrogens is 540 g/mol. The summed E-state index contributed by atoms with van der Waals surface area (Å²) < 4.78 is 56.8. The lowest BCUT2D eigenvalue weighted by molar-refractivity contribution is -0.132. The van der Waals surface area contributed by atoms with Crippen LogP contribution in [0.15, 0.2) is 61.1 Å². The number of hydrogen-bond acceptors (Lipinski definition) is 5. The van der Waals surface area contributed by atoms with Gasteiger partial charge in [-0.1, -0.05) is 6.07 Å². The van der Waals surface area contributed by atoms with Crippen molar-refractivity contribution in [1.82, 2.24) is 15.3 Å². The van der Waals surface area contributed by atoms with Gasteiger partial charge >= 0.3 is 0 Å². The number of nitrogens with zero attached hydrogens (tertiary/aromatic N) is 3. The van der Waals surface area contributed by atoms with Gasteiger partial charge in [0.25, 0.3) is 11.8 Å². The lowest BCUT2D eigenvalue weighted by atomic mass is 9.77. The molecule has 0 unspecified atom stereocenters. The Kier molecular flexibility index (Phi) is 7.30. The molecule has 1 saturated carbocycles. The number of nitrogens with one attached hydrogen (secondary N) is 1. The topological polar surface area (TPSA) is 95.4 Å². The van der Waals surface area contributed by atoms with E-state index >= 15 is 4.39 Å². The Morgan fingerprint density at radius 1 is 1.15 bits per heavy atom. The number of anilines is 1. The van der Waals surface area contributed by atoms with Crippen molar-refractivity contribution < 1.29 is 32.3 Å². The molecule has 1 aliphatic heterocycles. The first-order valence-corrected chi connectivity index (χ1v) is 12.6. The van der Waals surface area contributed by atoms with Gasteiger partial charge in [-0.25, -0.2) is 17.6 Å². The predicted octanol–water partition coefficient (Wildman–Crippen LogP) is 4.03. The van der Waals surface area contributed by atoms with Crippen LogP contribution in [0.1, 0.15) is 34.5 Å². The number of carbonyl (C=O) groups excluding carboxylic acids is 2. The molecule has 7 nitrogen and oxygen atoms in total. The van der Waals surface area contributed by atoms with Crippen molar-refractivity contribution in [3.8, 4) is 0 Å². The molecule has 5 atom stereocenters. The summed E-state index contributed by atoms with van der Waals surface area (Å²) in [4.78, 5) is 35.0. The van der Waals surface area contributed by atoms with E-state index in [1.54, 1.807) is 6.07 Å². The van der Waals surface area contributed by atoms with E-state index in [1.807, 2.05) is 0 Å². The number of aromatic nitrogens is 2. The number of pyridine rings is 2. The summed E-state index contributed by atoms with van der Waals surface area (Å²) in [6.07, 6.45) is 0.655. The van der Waals surface area contributed by atoms with Gasteiger partial charge in [0, 0.05) is 36.3 Å². The molecule has 1 aromatic carbocycles. The molecule has 39 heavy (non-hydrogen) atoms. The van der Waals surface area contributed by atoms with Crippen molar-refractivity contribution in [1.29, 1.82) is 0 Å². The van der Waals surface area contributed by atoms with Crippen LogP contribution in [0.4, 0.5) is 23.2 Å². The standard InChI is InChI=1S/C27H23ClF4N4O3/c28-18-10-20(35-25(37)14-3-2-8-33-11-14)17(24(31)32)9-15(18)13-36-21-5-1-4-19(30)23(21)27(39,26(36)38)22-7-6-16(29)12-34-22/h1-8,11-12,15,17-18,20,24,39H,9-10,13H2,(H,35,37)/t15-,17-,18-,20-,27+/m1/s1. The first-order valence-electron chi connectivity index (χ1n) is 12.2. The molecule has 0 bridgehead atoms. The Hall–Kier alpha value is -3.57. The van der Waals surface area contributed by atoms with E-state index in [-0.39, 0.29) is 41.9 Å². The van der Waals surface area contributed by atoms with Crippen molar-refractivity contribution in [2.45, 2.75) is 36.3 Å². The fourth-order valence-electron chi connectivity index (χ4n) is 5.40. The minimum atomic E-state index is -2.80. The first-order chi connectivity index (χ1) is 18.6. The second-order valence-corrected chi connectivity index (χ2v) is 10.2. The second-order valence-electron chi connectivity index (χ2n) is 9.69. The zero-order valence-corrected chi connectivity index (χ0v) is 21.0. The fraction of sp³-hybridized carbons (Fsp3) is 0.333. The molecule has 5 rings (SSSR count). The quantitative estimate of drug-likeness (QED) is 0.349. The number of benzene rings is 1. The van der Waals surface area contributed by atoms with E-state index in [9.17, 15) is 27.9 Å². The summed E-state index contributed by atoms with van der Waals surface area (Å²) >= 11 is 6.63. The predicted molar refractivity (Wildman–Crippen MR) is 133 cm³/mol. The average Bonchev–Trinajstić information content (AvgIpc) is 3.14. The van der Waals surface area contributed by atoms with E-state index in [0.29, 0.717) is 0 Å². The molecule has 2 amide bonds. The number of carbonyl (C=O) groups is 2. The van der Waals surface area contributed by atoms with Crippen molar-refractivity contribution >= 4 is 29.1 Å². The van der Waals surface area contributed by atoms with Gasteiger partial charge in [0.1, 0.15) is 11.6 Å². The first kappa shape index (κ1) is 27.0. The van der Waals surface area contributed by atoms with E-state index < -0.39 is 58.7 Å². The van der Waals surface area contributed by atoms with Crippen LogP contribution in [0.25, 0.3) is 0 Å².